The molecule has 0 aromatic heterocycles. The van der Waals surface area contributed by atoms with Gasteiger partial charge in [0.2, 0.25) is 8.32 Å². The molecule has 0 heterocycles. The zero-order valence-electron chi connectivity index (χ0n) is 8.10. The average molecular weight is 174 g/mol. The first kappa shape index (κ1) is 10.7. The number of methoxy groups -OCH3 is 1. The smallest absolute Gasteiger partial charge is 0.241 e. The van der Waals surface area contributed by atoms with E-state index >= 15 is 0 Å². The number of hydrogen-bond donors (Lipinski definition) is 0. The third kappa shape index (κ3) is 6.13. The van der Waals surface area contributed by atoms with Crippen molar-refractivity contribution in [2.24, 2.45) is 0 Å². The second kappa shape index (κ2) is 4.57. The second-order valence-corrected chi connectivity index (χ2v) is 7.83. The minimum atomic E-state index is -1.43. The van der Waals surface area contributed by atoms with Crippen LogP contribution < -0.4 is 0 Å². The van der Waals surface area contributed by atoms with E-state index in [-0.39, 0.29) is 0 Å². The summed E-state index contributed by atoms with van der Waals surface area (Å²) in [7, 11) is 0.251. The van der Waals surface area contributed by atoms with Gasteiger partial charge in [-0.2, -0.15) is 0 Å². The van der Waals surface area contributed by atoms with Gasteiger partial charge in [0.15, 0.2) is 0 Å². The van der Waals surface area contributed by atoms with Gasteiger partial charge in [-0.05, 0) is 32.6 Å². The first-order valence-electron chi connectivity index (χ1n) is 3.82. The molecule has 0 radical (unpaired) electrons. The maximum atomic E-state index is 5.70. The molecule has 0 aromatic rings. The summed E-state index contributed by atoms with van der Waals surface area (Å²) in [6, 6.07) is 0. The van der Waals surface area contributed by atoms with Crippen molar-refractivity contribution in [3.63, 3.8) is 0 Å². The van der Waals surface area contributed by atoms with E-state index in [0.29, 0.717) is 6.61 Å². The Kier molecular flexibility index (Phi) is 4.45. The second-order valence-electron chi connectivity index (χ2n) is 3.40. The van der Waals surface area contributed by atoms with Crippen molar-refractivity contribution >= 4 is 8.32 Å². The Bertz CT molecular complexity index is 136. The molecule has 0 amide bonds. The van der Waals surface area contributed by atoms with E-state index in [4.69, 9.17) is 9.16 Å². The minimum Gasteiger partial charge on any atom is -0.546 e. The highest BCUT2D eigenvalue weighted by atomic mass is 28.4. The Morgan fingerprint density at radius 2 is 1.91 bits per heavy atom. The fraction of sp³-hybridized carbons (Fsp3) is 0.750. The van der Waals surface area contributed by atoms with E-state index in [1.54, 1.807) is 7.11 Å². The van der Waals surface area contributed by atoms with Crippen molar-refractivity contribution in [2.45, 2.75) is 26.6 Å². The number of hydrogen-bond acceptors (Lipinski definition) is 2. The molecule has 0 saturated heterocycles. The number of allylic oxidation sites excluding steroid dienone is 1. The topological polar surface area (TPSA) is 18.5 Å². The van der Waals surface area contributed by atoms with Crippen LogP contribution in [0.3, 0.4) is 0 Å². The first-order valence-corrected chi connectivity index (χ1v) is 7.23. The van der Waals surface area contributed by atoms with Gasteiger partial charge in [-0.1, -0.05) is 0 Å². The van der Waals surface area contributed by atoms with Crippen LogP contribution in [0.15, 0.2) is 11.8 Å². The summed E-state index contributed by atoms with van der Waals surface area (Å²) < 4.78 is 10.7. The van der Waals surface area contributed by atoms with Gasteiger partial charge in [-0.25, -0.2) is 0 Å². The van der Waals surface area contributed by atoms with Crippen LogP contribution in [0.4, 0.5) is 0 Å². The predicted molar refractivity (Wildman–Crippen MR) is 50.1 cm³/mol. The lowest BCUT2D eigenvalue weighted by Gasteiger charge is -2.21. The maximum absolute atomic E-state index is 5.70. The van der Waals surface area contributed by atoms with Gasteiger partial charge < -0.3 is 9.16 Å². The van der Waals surface area contributed by atoms with E-state index in [2.05, 4.69) is 19.6 Å². The molecule has 0 rings (SSSR count). The lowest BCUT2D eigenvalue weighted by molar-refractivity contribution is 0.187. The van der Waals surface area contributed by atoms with Crippen molar-refractivity contribution < 1.29 is 9.16 Å². The predicted octanol–water partition coefficient (Wildman–Crippen LogP) is 2.39. The Morgan fingerprint density at radius 1 is 1.36 bits per heavy atom. The average Bonchev–Trinajstić information content (AvgIpc) is 1.84. The number of rotatable bonds is 4. The molecule has 0 bridgehead atoms. The molecular weight excluding hydrogens is 156 g/mol. The quantitative estimate of drug-likeness (QED) is 0.481. The van der Waals surface area contributed by atoms with Crippen LogP contribution in [0.5, 0.6) is 0 Å². The Morgan fingerprint density at radius 3 is 2.18 bits per heavy atom. The molecule has 0 fully saturated rings. The summed E-state index contributed by atoms with van der Waals surface area (Å²) in [5.74, 6) is 0.951. The van der Waals surface area contributed by atoms with Crippen LogP contribution in [0.25, 0.3) is 0 Å². The molecule has 0 saturated carbocycles. The lowest BCUT2D eigenvalue weighted by atomic mass is 10.5. The largest absolute Gasteiger partial charge is 0.546 e. The zero-order valence-corrected chi connectivity index (χ0v) is 9.10. The fourth-order valence-corrected chi connectivity index (χ4v) is 1.67. The van der Waals surface area contributed by atoms with Crippen molar-refractivity contribution in [3.8, 4) is 0 Å². The Hall–Kier alpha value is -0.283. The van der Waals surface area contributed by atoms with Crippen molar-refractivity contribution in [3.05, 3.63) is 11.8 Å². The summed E-state index contributed by atoms with van der Waals surface area (Å²) >= 11 is 0. The zero-order chi connectivity index (χ0) is 8.91. The van der Waals surface area contributed by atoms with E-state index < -0.39 is 8.32 Å². The van der Waals surface area contributed by atoms with Crippen LogP contribution in [-0.4, -0.2) is 22.0 Å². The van der Waals surface area contributed by atoms with Crippen molar-refractivity contribution in [1.82, 2.24) is 0 Å². The van der Waals surface area contributed by atoms with E-state index in [1.165, 1.54) is 0 Å². The van der Waals surface area contributed by atoms with Gasteiger partial charge in [-0.15, -0.1) is 0 Å². The standard InChI is InChI=1S/C8H18O2Si/c1-6-8(7-9-2)10-11(3,4)5/h6H,7H2,1-5H3. The maximum Gasteiger partial charge on any atom is 0.241 e. The highest BCUT2D eigenvalue weighted by molar-refractivity contribution is 6.70. The SMILES string of the molecule is CC=C(COC)O[Si](C)(C)C. The highest BCUT2D eigenvalue weighted by Gasteiger charge is 2.16. The van der Waals surface area contributed by atoms with E-state index in [9.17, 15) is 0 Å². The molecule has 0 aliphatic carbocycles. The van der Waals surface area contributed by atoms with Gasteiger partial charge >= 0.3 is 0 Å². The molecule has 0 aliphatic rings. The molecule has 0 aromatic carbocycles. The summed E-state index contributed by atoms with van der Waals surface area (Å²) in [6.07, 6.45) is 1.96. The molecule has 66 valence electrons. The summed E-state index contributed by atoms with van der Waals surface area (Å²) in [5.41, 5.74) is 0. The highest BCUT2D eigenvalue weighted by Crippen LogP contribution is 2.09. The van der Waals surface area contributed by atoms with Crippen LogP contribution >= 0.6 is 0 Å². The molecule has 0 aliphatic heterocycles. The van der Waals surface area contributed by atoms with Gasteiger partial charge in [0.05, 0.1) is 0 Å². The van der Waals surface area contributed by atoms with Gasteiger partial charge in [0, 0.05) is 7.11 Å². The minimum absolute atomic E-state index is 0.584. The molecule has 2 nitrogen and oxygen atoms in total. The number of ether oxygens (including phenoxy) is 1. The Balaban J connectivity index is 3.90. The van der Waals surface area contributed by atoms with Gasteiger partial charge in [0.25, 0.3) is 0 Å². The fourth-order valence-electron chi connectivity index (χ4n) is 0.707. The molecule has 3 heteroatoms. The Labute approximate surface area is 70.3 Å². The van der Waals surface area contributed by atoms with Crippen LogP contribution in [0, 0.1) is 0 Å². The normalized spacial score (nSPS) is 13.4. The summed E-state index contributed by atoms with van der Waals surface area (Å²) in [6.45, 7) is 9.03. The third-order valence-electron chi connectivity index (χ3n) is 1.05. The van der Waals surface area contributed by atoms with E-state index in [0.717, 1.165) is 5.76 Å². The molecule has 0 spiro atoms. The van der Waals surface area contributed by atoms with Crippen molar-refractivity contribution in [1.29, 1.82) is 0 Å². The summed E-state index contributed by atoms with van der Waals surface area (Å²) in [5, 5.41) is 0. The van der Waals surface area contributed by atoms with Gasteiger partial charge in [0.1, 0.15) is 12.4 Å². The molecule has 11 heavy (non-hydrogen) atoms. The first-order chi connectivity index (χ1) is 4.99. The molecular formula is C8H18O2Si. The monoisotopic (exact) mass is 174 g/mol. The van der Waals surface area contributed by atoms with Crippen LogP contribution in [-0.2, 0) is 9.16 Å². The van der Waals surface area contributed by atoms with E-state index in [1.807, 2.05) is 13.0 Å². The molecule has 0 N–H and O–H groups in total. The van der Waals surface area contributed by atoms with Gasteiger partial charge in [-0.3, -0.25) is 0 Å². The summed E-state index contributed by atoms with van der Waals surface area (Å²) in [4.78, 5) is 0. The molecule has 0 unspecified atom stereocenters. The van der Waals surface area contributed by atoms with Crippen LogP contribution in [0.2, 0.25) is 19.6 Å². The molecule has 0 atom stereocenters. The van der Waals surface area contributed by atoms with Crippen LogP contribution in [0.1, 0.15) is 6.92 Å². The lowest BCUT2D eigenvalue weighted by Crippen LogP contribution is -2.26. The third-order valence-corrected chi connectivity index (χ3v) is 1.92. The van der Waals surface area contributed by atoms with Crippen molar-refractivity contribution in [2.75, 3.05) is 13.7 Å².